The van der Waals surface area contributed by atoms with Gasteiger partial charge in [-0.1, -0.05) is 83.9 Å². The predicted molar refractivity (Wildman–Crippen MR) is 211 cm³/mol. The molecule has 0 saturated carbocycles. The highest BCUT2D eigenvalue weighted by Gasteiger charge is 2.31. The molecule has 0 N–H and O–H groups in total. The fourth-order valence-electron chi connectivity index (χ4n) is 7.87. The number of rotatable bonds is 4. The van der Waals surface area contributed by atoms with Gasteiger partial charge >= 0.3 is 6.18 Å². The van der Waals surface area contributed by atoms with E-state index in [9.17, 15) is 18.4 Å². The first kappa shape index (κ1) is 32.8. The minimum Gasteiger partial charge on any atom is -0.309 e. The van der Waals surface area contributed by atoms with Crippen LogP contribution in [0.5, 0.6) is 0 Å². The molecule has 9 aromatic rings. The Labute approximate surface area is 309 Å². The maximum Gasteiger partial charge on any atom is 0.416 e. The number of aromatic nitrogens is 2. The molecule has 0 atom stereocenters. The second-order valence-corrected chi connectivity index (χ2v) is 13.7. The van der Waals surface area contributed by atoms with Gasteiger partial charge in [0, 0.05) is 27.1 Å². The number of nitrogens with zero attached hydrogens (tertiary/aromatic N) is 4. The Morgan fingerprint density at radius 2 is 1.13 bits per heavy atom. The Bertz CT molecular complexity index is 3090. The molecule has 0 fully saturated rings. The van der Waals surface area contributed by atoms with Crippen molar-refractivity contribution in [1.82, 2.24) is 9.13 Å². The summed E-state index contributed by atoms with van der Waals surface area (Å²) in [6.07, 6.45) is -4.59. The molecule has 0 radical (unpaired) electrons. The lowest BCUT2D eigenvalue weighted by Crippen LogP contribution is -2.05. The standard InChI is InChI=1S/C47H29F3N4/c1-28-12-19-43-38(22-28)35-8-4-6-10-41(35)53(43)45-21-16-33(52-3)26-40(45)37-17-14-30(34-18-15-32(47(48,49)50)24-31(34)27-51)25-46(37)54-42-11-7-5-9-36(42)39-23-29(2)13-20-44(39)54/h4-26H,1-2H3. The third kappa shape index (κ3) is 5.13. The first-order chi connectivity index (χ1) is 26.1. The van der Waals surface area contributed by atoms with Crippen LogP contribution in [0.15, 0.2) is 140 Å². The zero-order valence-electron chi connectivity index (χ0n) is 29.2. The summed E-state index contributed by atoms with van der Waals surface area (Å²) < 4.78 is 45.7. The van der Waals surface area contributed by atoms with E-state index in [2.05, 4.69) is 88.5 Å². The summed E-state index contributed by atoms with van der Waals surface area (Å²) >= 11 is 0. The molecule has 258 valence electrons. The molecular formula is C47H29F3N4. The number of nitriles is 1. The van der Waals surface area contributed by atoms with Crippen LogP contribution >= 0.6 is 0 Å². The van der Waals surface area contributed by atoms with Gasteiger partial charge in [0.1, 0.15) is 0 Å². The number of hydrogen-bond donors (Lipinski definition) is 0. The summed E-state index contributed by atoms with van der Waals surface area (Å²) in [7, 11) is 0. The van der Waals surface area contributed by atoms with E-state index in [4.69, 9.17) is 6.57 Å². The van der Waals surface area contributed by atoms with Crippen LogP contribution in [0.25, 0.3) is 82.1 Å². The van der Waals surface area contributed by atoms with Crippen LogP contribution in [-0.4, -0.2) is 9.13 Å². The van der Waals surface area contributed by atoms with E-state index in [0.717, 1.165) is 89.4 Å². The van der Waals surface area contributed by atoms with Crippen LogP contribution in [0.1, 0.15) is 22.3 Å². The average Bonchev–Trinajstić information content (AvgIpc) is 3.68. The molecular weight excluding hydrogens is 678 g/mol. The normalized spacial score (nSPS) is 11.8. The maximum atomic E-state index is 13.7. The molecule has 0 bridgehead atoms. The number of halogens is 3. The first-order valence-corrected chi connectivity index (χ1v) is 17.4. The molecule has 2 heterocycles. The van der Waals surface area contributed by atoms with E-state index < -0.39 is 11.7 Å². The Kier molecular flexibility index (Phi) is 7.44. The van der Waals surface area contributed by atoms with Crippen LogP contribution in [0.4, 0.5) is 18.9 Å². The van der Waals surface area contributed by atoms with Gasteiger partial charge in [-0.2, -0.15) is 18.4 Å². The van der Waals surface area contributed by atoms with E-state index in [-0.39, 0.29) is 5.56 Å². The third-order valence-electron chi connectivity index (χ3n) is 10.3. The summed E-state index contributed by atoms with van der Waals surface area (Å²) in [5, 5.41) is 14.4. The maximum absolute atomic E-state index is 13.7. The van der Waals surface area contributed by atoms with Crippen molar-refractivity contribution in [3.63, 3.8) is 0 Å². The van der Waals surface area contributed by atoms with Gasteiger partial charge in [0.2, 0.25) is 0 Å². The van der Waals surface area contributed by atoms with Crippen molar-refractivity contribution in [2.45, 2.75) is 20.0 Å². The quantitative estimate of drug-likeness (QED) is 0.168. The number of hydrogen-bond acceptors (Lipinski definition) is 1. The van der Waals surface area contributed by atoms with E-state index in [1.807, 2.05) is 66.7 Å². The highest BCUT2D eigenvalue weighted by atomic mass is 19.4. The third-order valence-corrected chi connectivity index (χ3v) is 10.3. The molecule has 0 aliphatic heterocycles. The molecule has 0 spiro atoms. The zero-order chi connectivity index (χ0) is 37.3. The molecule has 0 aliphatic rings. The molecule has 0 unspecified atom stereocenters. The van der Waals surface area contributed by atoms with Crippen molar-refractivity contribution in [2.75, 3.05) is 0 Å². The minimum atomic E-state index is -4.59. The highest BCUT2D eigenvalue weighted by molar-refractivity contribution is 6.12. The van der Waals surface area contributed by atoms with Gasteiger partial charge in [-0.25, -0.2) is 4.85 Å². The lowest BCUT2D eigenvalue weighted by atomic mass is 9.93. The number of fused-ring (bicyclic) bond motifs is 6. The molecule has 54 heavy (non-hydrogen) atoms. The average molecular weight is 707 g/mol. The topological polar surface area (TPSA) is 38.0 Å². The van der Waals surface area contributed by atoms with Crippen LogP contribution in [-0.2, 0) is 6.18 Å². The number of para-hydroxylation sites is 2. The molecule has 9 rings (SSSR count). The van der Waals surface area contributed by atoms with E-state index >= 15 is 0 Å². The lowest BCUT2D eigenvalue weighted by molar-refractivity contribution is -0.137. The van der Waals surface area contributed by atoms with E-state index in [1.165, 1.54) is 6.07 Å². The van der Waals surface area contributed by atoms with Gasteiger partial charge in [0.25, 0.3) is 0 Å². The minimum absolute atomic E-state index is 0.0716. The van der Waals surface area contributed by atoms with Gasteiger partial charge in [-0.05, 0) is 97.3 Å². The Balaban J connectivity index is 1.41. The molecule has 0 saturated heterocycles. The zero-order valence-corrected chi connectivity index (χ0v) is 29.2. The molecule has 7 heteroatoms. The SMILES string of the molecule is [C-]#[N+]c1ccc(-n2c3ccccc3c3cc(C)ccc32)c(-c2ccc(-c3ccc(C(F)(F)F)cc3C#N)cc2-n2c3ccccc3c3cc(C)ccc32)c1. The van der Waals surface area contributed by atoms with Crippen molar-refractivity contribution in [2.24, 2.45) is 0 Å². The molecule has 4 nitrogen and oxygen atoms in total. The Hall–Kier alpha value is -7.09. The number of benzene rings is 7. The molecule has 2 aromatic heterocycles. The van der Waals surface area contributed by atoms with Crippen molar-refractivity contribution < 1.29 is 13.2 Å². The first-order valence-electron chi connectivity index (χ1n) is 17.4. The number of alkyl halides is 3. The summed E-state index contributed by atoms with van der Waals surface area (Å²) in [5.74, 6) is 0. The van der Waals surface area contributed by atoms with E-state index in [1.54, 1.807) is 0 Å². The van der Waals surface area contributed by atoms with Gasteiger partial charge in [-0.3, -0.25) is 0 Å². The van der Waals surface area contributed by atoms with Crippen molar-refractivity contribution in [3.05, 3.63) is 173 Å². The summed E-state index contributed by atoms with van der Waals surface area (Å²) in [6, 6.07) is 46.0. The van der Waals surface area contributed by atoms with Crippen LogP contribution in [0, 0.1) is 31.8 Å². The van der Waals surface area contributed by atoms with E-state index in [0.29, 0.717) is 16.8 Å². The fraction of sp³-hybridized carbons (Fsp3) is 0.0638. The summed E-state index contributed by atoms with van der Waals surface area (Å²) in [4.78, 5) is 3.84. The number of aryl methyl sites for hydroxylation is 2. The van der Waals surface area contributed by atoms with Gasteiger partial charge < -0.3 is 9.13 Å². The summed E-state index contributed by atoms with van der Waals surface area (Å²) in [5.41, 5.74) is 9.93. The largest absolute Gasteiger partial charge is 0.416 e. The van der Waals surface area contributed by atoms with Crippen LogP contribution in [0.3, 0.4) is 0 Å². The van der Waals surface area contributed by atoms with Crippen molar-refractivity contribution >= 4 is 49.3 Å². The Morgan fingerprint density at radius 1 is 0.556 bits per heavy atom. The second kappa shape index (κ2) is 12.3. The Morgan fingerprint density at radius 3 is 1.72 bits per heavy atom. The van der Waals surface area contributed by atoms with Gasteiger partial charge in [-0.15, -0.1) is 0 Å². The molecule has 7 aromatic carbocycles. The second-order valence-electron chi connectivity index (χ2n) is 13.7. The summed E-state index contributed by atoms with van der Waals surface area (Å²) in [6.45, 7) is 12.2. The van der Waals surface area contributed by atoms with Crippen molar-refractivity contribution in [1.29, 1.82) is 5.26 Å². The van der Waals surface area contributed by atoms with Crippen LogP contribution in [0.2, 0.25) is 0 Å². The molecule has 0 amide bonds. The van der Waals surface area contributed by atoms with Gasteiger partial charge in [0.05, 0.1) is 57.2 Å². The highest BCUT2D eigenvalue weighted by Crippen LogP contribution is 2.44. The van der Waals surface area contributed by atoms with Gasteiger partial charge in [0.15, 0.2) is 5.69 Å². The van der Waals surface area contributed by atoms with Crippen LogP contribution < -0.4 is 0 Å². The predicted octanol–water partition coefficient (Wildman–Crippen LogP) is 13.3. The fourth-order valence-corrected chi connectivity index (χ4v) is 7.87. The lowest BCUT2D eigenvalue weighted by Gasteiger charge is -2.20. The molecule has 0 aliphatic carbocycles. The monoisotopic (exact) mass is 706 g/mol. The van der Waals surface area contributed by atoms with Crippen molar-refractivity contribution in [3.8, 4) is 39.7 Å². The smallest absolute Gasteiger partial charge is 0.309 e.